The van der Waals surface area contributed by atoms with Crippen LogP contribution >= 0.6 is 0 Å². The van der Waals surface area contributed by atoms with E-state index in [1.54, 1.807) is 0 Å². The average molecular weight is 159 g/mol. The van der Waals surface area contributed by atoms with Crippen molar-refractivity contribution in [3.8, 4) is 0 Å². The molecule has 1 unspecified atom stereocenters. The van der Waals surface area contributed by atoms with Gasteiger partial charge in [0.05, 0.1) is 12.6 Å². The van der Waals surface area contributed by atoms with Crippen molar-refractivity contribution >= 4 is 6.09 Å². The van der Waals surface area contributed by atoms with Crippen LogP contribution in [0.3, 0.4) is 0 Å². The minimum Gasteiger partial charge on any atom is -0.465 e. The van der Waals surface area contributed by atoms with Crippen LogP contribution in [0.5, 0.6) is 0 Å². The molecule has 2 N–H and O–H groups in total. The molecule has 1 fully saturated rings. The molecule has 0 bridgehead atoms. The lowest BCUT2D eigenvalue weighted by molar-refractivity contribution is 0.0952. The number of amides is 1. The molecule has 4 heteroatoms. The lowest BCUT2D eigenvalue weighted by atomic mass is 9.90. The molecule has 1 heterocycles. The minimum absolute atomic E-state index is 0.238. The predicted molar refractivity (Wildman–Crippen MR) is 39.4 cm³/mol. The second-order valence-electron chi connectivity index (χ2n) is 3.67. The molecule has 1 aliphatic heterocycles. The van der Waals surface area contributed by atoms with E-state index in [1.807, 2.05) is 13.8 Å². The quantitative estimate of drug-likeness (QED) is 0.536. The molecule has 0 spiro atoms. The Bertz CT molecular complexity index is 179. The normalized spacial score (nSPS) is 29.0. The number of rotatable bonds is 0. The molecule has 0 saturated carbocycles. The first-order chi connectivity index (χ1) is 4.93. The standard InChI is InChI=1S/C7H13NO3/c1-7(2)4-8(6(10)11)3-5(7)9/h5,9H,3-4H2,1-2H3,(H,10,11). The Hall–Kier alpha value is -0.770. The van der Waals surface area contributed by atoms with Gasteiger partial charge in [0, 0.05) is 12.0 Å². The zero-order chi connectivity index (χ0) is 8.65. The summed E-state index contributed by atoms with van der Waals surface area (Å²) in [7, 11) is 0. The zero-order valence-corrected chi connectivity index (χ0v) is 6.74. The van der Waals surface area contributed by atoms with Crippen molar-refractivity contribution < 1.29 is 15.0 Å². The van der Waals surface area contributed by atoms with Crippen LogP contribution in [-0.4, -0.2) is 40.4 Å². The lowest BCUT2D eigenvalue weighted by Crippen LogP contribution is -2.28. The van der Waals surface area contributed by atoms with Crippen molar-refractivity contribution in [3.63, 3.8) is 0 Å². The Morgan fingerprint density at radius 3 is 2.36 bits per heavy atom. The van der Waals surface area contributed by atoms with Gasteiger partial charge < -0.3 is 15.1 Å². The van der Waals surface area contributed by atoms with Crippen molar-refractivity contribution in [1.82, 2.24) is 4.90 Å². The van der Waals surface area contributed by atoms with Crippen LogP contribution in [0.1, 0.15) is 13.8 Å². The topological polar surface area (TPSA) is 60.8 Å². The molecule has 0 radical (unpaired) electrons. The molecule has 0 aromatic rings. The van der Waals surface area contributed by atoms with Gasteiger partial charge in [-0.15, -0.1) is 0 Å². The molecule has 4 nitrogen and oxygen atoms in total. The monoisotopic (exact) mass is 159 g/mol. The van der Waals surface area contributed by atoms with Crippen LogP contribution in [0.15, 0.2) is 0 Å². The number of aliphatic hydroxyl groups excluding tert-OH is 1. The van der Waals surface area contributed by atoms with E-state index >= 15 is 0 Å². The van der Waals surface area contributed by atoms with Crippen molar-refractivity contribution in [3.05, 3.63) is 0 Å². The first kappa shape index (κ1) is 8.33. The van der Waals surface area contributed by atoms with Gasteiger partial charge in [-0.3, -0.25) is 0 Å². The Labute approximate surface area is 65.4 Å². The van der Waals surface area contributed by atoms with Crippen molar-refractivity contribution in [2.24, 2.45) is 5.41 Å². The number of carbonyl (C=O) groups is 1. The number of carboxylic acid groups (broad SMARTS) is 1. The van der Waals surface area contributed by atoms with Gasteiger partial charge in [0.1, 0.15) is 0 Å². The number of hydrogen-bond acceptors (Lipinski definition) is 2. The maximum absolute atomic E-state index is 10.4. The third-order valence-corrected chi connectivity index (χ3v) is 2.16. The predicted octanol–water partition coefficient (Wildman–Crippen LogP) is 0.367. The van der Waals surface area contributed by atoms with E-state index in [4.69, 9.17) is 5.11 Å². The van der Waals surface area contributed by atoms with Gasteiger partial charge in [-0.25, -0.2) is 4.79 Å². The summed E-state index contributed by atoms with van der Waals surface area (Å²) >= 11 is 0. The average Bonchev–Trinajstić information content (AvgIpc) is 2.08. The summed E-state index contributed by atoms with van der Waals surface area (Å²) in [4.78, 5) is 11.7. The van der Waals surface area contributed by atoms with Gasteiger partial charge in [0.15, 0.2) is 0 Å². The highest BCUT2D eigenvalue weighted by Gasteiger charge is 2.40. The first-order valence-electron chi connectivity index (χ1n) is 3.59. The second kappa shape index (κ2) is 2.37. The summed E-state index contributed by atoms with van der Waals surface area (Å²) in [6.07, 6.45) is -1.48. The number of likely N-dealkylation sites (tertiary alicyclic amines) is 1. The highest BCUT2D eigenvalue weighted by Crippen LogP contribution is 2.29. The Balaban J connectivity index is 2.64. The molecule has 1 atom stereocenters. The van der Waals surface area contributed by atoms with E-state index in [0.717, 1.165) is 0 Å². The fourth-order valence-corrected chi connectivity index (χ4v) is 1.26. The molecule has 0 aromatic heterocycles. The summed E-state index contributed by atoms with van der Waals surface area (Å²) in [6.45, 7) is 4.38. The zero-order valence-electron chi connectivity index (χ0n) is 6.74. The number of nitrogens with zero attached hydrogens (tertiary/aromatic N) is 1. The molecule has 64 valence electrons. The molecule has 0 aliphatic carbocycles. The molecular formula is C7H13NO3. The molecule has 0 aromatic carbocycles. The number of aliphatic hydroxyl groups is 1. The van der Waals surface area contributed by atoms with E-state index in [0.29, 0.717) is 6.54 Å². The van der Waals surface area contributed by atoms with Crippen molar-refractivity contribution in [2.45, 2.75) is 20.0 Å². The Kier molecular flexibility index (Phi) is 1.80. The van der Waals surface area contributed by atoms with E-state index < -0.39 is 12.2 Å². The van der Waals surface area contributed by atoms with Crippen LogP contribution in [0.4, 0.5) is 4.79 Å². The summed E-state index contributed by atoms with van der Waals surface area (Å²) in [5.41, 5.74) is -0.293. The van der Waals surface area contributed by atoms with Gasteiger partial charge in [0.25, 0.3) is 0 Å². The third kappa shape index (κ3) is 1.45. The first-order valence-corrected chi connectivity index (χ1v) is 3.59. The second-order valence-corrected chi connectivity index (χ2v) is 3.67. The van der Waals surface area contributed by atoms with Gasteiger partial charge >= 0.3 is 6.09 Å². The highest BCUT2D eigenvalue weighted by molar-refractivity contribution is 5.65. The van der Waals surface area contributed by atoms with Gasteiger partial charge in [-0.05, 0) is 0 Å². The fourth-order valence-electron chi connectivity index (χ4n) is 1.26. The smallest absolute Gasteiger partial charge is 0.407 e. The van der Waals surface area contributed by atoms with Crippen LogP contribution in [0.2, 0.25) is 0 Å². The van der Waals surface area contributed by atoms with Crippen LogP contribution in [0, 0.1) is 5.41 Å². The van der Waals surface area contributed by atoms with Crippen molar-refractivity contribution in [1.29, 1.82) is 0 Å². The lowest BCUT2D eigenvalue weighted by Gasteiger charge is -2.19. The SMILES string of the molecule is CC1(C)CN(C(=O)O)CC1O. The van der Waals surface area contributed by atoms with Gasteiger partial charge in [0.2, 0.25) is 0 Å². The molecule has 1 amide bonds. The Morgan fingerprint density at radius 2 is 2.18 bits per heavy atom. The van der Waals surface area contributed by atoms with Crippen molar-refractivity contribution in [2.75, 3.05) is 13.1 Å². The van der Waals surface area contributed by atoms with Crippen LogP contribution in [-0.2, 0) is 0 Å². The van der Waals surface area contributed by atoms with Crippen LogP contribution in [0.25, 0.3) is 0 Å². The van der Waals surface area contributed by atoms with E-state index in [9.17, 15) is 9.90 Å². The third-order valence-electron chi connectivity index (χ3n) is 2.16. The van der Waals surface area contributed by atoms with Gasteiger partial charge in [-0.2, -0.15) is 0 Å². The summed E-state index contributed by atoms with van der Waals surface area (Å²) in [6, 6.07) is 0. The molecule has 1 aliphatic rings. The maximum atomic E-state index is 10.4. The molecule has 11 heavy (non-hydrogen) atoms. The summed E-state index contributed by atoms with van der Waals surface area (Å²) in [5.74, 6) is 0. The molecule has 1 rings (SSSR count). The van der Waals surface area contributed by atoms with E-state index in [1.165, 1.54) is 4.90 Å². The molecular weight excluding hydrogens is 146 g/mol. The minimum atomic E-state index is -0.949. The fraction of sp³-hybridized carbons (Fsp3) is 0.857. The van der Waals surface area contributed by atoms with Gasteiger partial charge in [-0.1, -0.05) is 13.8 Å². The largest absolute Gasteiger partial charge is 0.465 e. The number of β-amino-alcohol motifs (C(OH)–C–C–N with tert-alkyl or cyclic N) is 1. The highest BCUT2D eigenvalue weighted by atomic mass is 16.4. The Morgan fingerprint density at radius 1 is 1.64 bits per heavy atom. The molecule has 1 saturated heterocycles. The van der Waals surface area contributed by atoms with E-state index in [2.05, 4.69) is 0 Å². The van der Waals surface area contributed by atoms with Crippen LogP contribution < -0.4 is 0 Å². The maximum Gasteiger partial charge on any atom is 0.407 e. The summed E-state index contributed by atoms with van der Waals surface area (Å²) in [5, 5.41) is 17.9. The van der Waals surface area contributed by atoms with E-state index in [-0.39, 0.29) is 12.0 Å². The number of hydrogen-bond donors (Lipinski definition) is 2. The summed E-state index contributed by atoms with van der Waals surface area (Å²) < 4.78 is 0.